The third-order valence-corrected chi connectivity index (χ3v) is 4.29. The Morgan fingerprint density at radius 1 is 1.38 bits per heavy atom. The number of alkyl halides is 2. The van der Waals surface area contributed by atoms with E-state index in [9.17, 15) is 18.4 Å². The number of amides is 2. The van der Waals surface area contributed by atoms with Gasteiger partial charge in [-0.15, -0.1) is 0 Å². The van der Waals surface area contributed by atoms with Crippen molar-refractivity contribution in [3.8, 4) is 0 Å². The summed E-state index contributed by atoms with van der Waals surface area (Å²) in [6, 6.07) is 6.39. The summed E-state index contributed by atoms with van der Waals surface area (Å²) in [5.41, 5.74) is -0.653. The topological polar surface area (TPSA) is 49.4 Å². The average molecular weight is 314 g/mol. The number of halogens is 2. The summed E-state index contributed by atoms with van der Waals surface area (Å²) in [5, 5.41) is 2.67. The molecule has 0 bridgehead atoms. The van der Waals surface area contributed by atoms with E-state index in [2.05, 4.69) is 5.32 Å². The van der Waals surface area contributed by atoms with Crippen LogP contribution in [0, 0.1) is 0 Å². The second kappa shape index (κ2) is 6.01. The molecule has 7 heteroatoms. The van der Waals surface area contributed by atoms with Gasteiger partial charge >= 0.3 is 0 Å². The highest BCUT2D eigenvalue weighted by molar-refractivity contribution is 7.99. The van der Waals surface area contributed by atoms with Crippen LogP contribution in [-0.4, -0.2) is 29.7 Å². The standard InChI is InChI=1S/C14H16F2N2O2S/c1-3-14(2)12(20)18(8-11(19)17-14)9-6-4-5-7-10(9)21-13(15)16/h4-7,13H,3,8H2,1-2H3,(H,17,19). The third kappa shape index (κ3) is 3.18. The van der Waals surface area contributed by atoms with Gasteiger partial charge in [-0.1, -0.05) is 30.8 Å². The minimum absolute atomic E-state index is 0.158. The molecule has 1 atom stereocenters. The van der Waals surface area contributed by atoms with Crippen LogP contribution in [0.15, 0.2) is 29.2 Å². The fourth-order valence-corrected chi connectivity index (χ4v) is 2.87. The van der Waals surface area contributed by atoms with Crippen molar-refractivity contribution in [3.05, 3.63) is 24.3 Å². The first-order chi connectivity index (χ1) is 9.87. The van der Waals surface area contributed by atoms with Crippen molar-refractivity contribution in [2.24, 2.45) is 0 Å². The number of piperazine rings is 1. The van der Waals surface area contributed by atoms with E-state index in [4.69, 9.17) is 0 Å². The summed E-state index contributed by atoms with van der Waals surface area (Å²) in [5.74, 6) is -3.17. The maximum absolute atomic E-state index is 12.6. The zero-order chi connectivity index (χ0) is 15.6. The first-order valence-electron chi connectivity index (χ1n) is 6.54. The first kappa shape index (κ1) is 15.8. The SMILES string of the molecule is CCC1(C)NC(=O)CN(c2ccccc2SC(F)F)C1=O. The molecule has 1 heterocycles. The van der Waals surface area contributed by atoms with Crippen molar-refractivity contribution in [1.82, 2.24) is 5.32 Å². The zero-order valence-electron chi connectivity index (χ0n) is 11.7. The van der Waals surface area contributed by atoms with E-state index in [1.165, 1.54) is 11.0 Å². The Bertz CT molecular complexity index is 568. The number of rotatable bonds is 4. The Morgan fingerprint density at radius 3 is 2.67 bits per heavy atom. The second-order valence-corrected chi connectivity index (χ2v) is 6.00. The molecule has 1 aliphatic heterocycles. The Morgan fingerprint density at radius 2 is 2.05 bits per heavy atom. The van der Waals surface area contributed by atoms with Crippen LogP contribution in [0.3, 0.4) is 0 Å². The molecule has 1 saturated heterocycles. The number of nitrogens with zero attached hydrogens (tertiary/aromatic N) is 1. The Kier molecular flexibility index (Phi) is 4.51. The van der Waals surface area contributed by atoms with Crippen molar-refractivity contribution >= 4 is 29.3 Å². The number of hydrogen-bond acceptors (Lipinski definition) is 3. The molecule has 2 amide bonds. The Balaban J connectivity index is 2.41. The molecule has 1 aliphatic rings. The molecule has 1 N–H and O–H groups in total. The van der Waals surface area contributed by atoms with E-state index in [0.717, 1.165) is 0 Å². The fourth-order valence-electron chi connectivity index (χ4n) is 2.22. The molecule has 2 rings (SSSR count). The number of para-hydroxylation sites is 1. The number of benzene rings is 1. The number of carbonyl (C=O) groups is 2. The molecule has 1 fully saturated rings. The van der Waals surface area contributed by atoms with Crippen LogP contribution < -0.4 is 10.2 Å². The normalized spacial score (nSPS) is 22.6. The van der Waals surface area contributed by atoms with Gasteiger partial charge in [0.15, 0.2) is 0 Å². The van der Waals surface area contributed by atoms with Gasteiger partial charge in [0.05, 0.1) is 5.69 Å². The van der Waals surface area contributed by atoms with E-state index in [0.29, 0.717) is 23.9 Å². The summed E-state index contributed by atoms with van der Waals surface area (Å²) < 4.78 is 25.3. The monoisotopic (exact) mass is 314 g/mol. The number of anilines is 1. The van der Waals surface area contributed by atoms with Gasteiger partial charge in [0.25, 0.3) is 11.7 Å². The van der Waals surface area contributed by atoms with Crippen molar-refractivity contribution in [2.75, 3.05) is 11.4 Å². The van der Waals surface area contributed by atoms with Crippen molar-refractivity contribution in [3.63, 3.8) is 0 Å². The first-order valence-corrected chi connectivity index (χ1v) is 7.42. The van der Waals surface area contributed by atoms with Gasteiger partial charge in [-0.3, -0.25) is 14.5 Å². The lowest BCUT2D eigenvalue weighted by Gasteiger charge is -2.39. The van der Waals surface area contributed by atoms with Crippen molar-refractivity contribution in [1.29, 1.82) is 0 Å². The molecule has 21 heavy (non-hydrogen) atoms. The van der Waals surface area contributed by atoms with Crippen LogP contribution in [0.4, 0.5) is 14.5 Å². The highest BCUT2D eigenvalue weighted by Gasteiger charge is 2.42. The molecule has 0 radical (unpaired) electrons. The van der Waals surface area contributed by atoms with Crippen molar-refractivity contribution in [2.45, 2.75) is 36.5 Å². The van der Waals surface area contributed by atoms with Gasteiger partial charge in [-0.2, -0.15) is 8.78 Å². The van der Waals surface area contributed by atoms with Crippen LogP contribution in [0.2, 0.25) is 0 Å². The summed E-state index contributed by atoms with van der Waals surface area (Å²) in [6.45, 7) is 3.28. The second-order valence-electron chi connectivity index (χ2n) is 4.97. The van der Waals surface area contributed by atoms with E-state index < -0.39 is 11.3 Å². The van der Waals surface area contributed by atoms with Crippen LogP contribution in [-0.2, 0) is 9.59 Å². The highest BCUT2D eigenvalue weighted by atomic mass is 32.2. The number of carbonyl (C=O) groups excluding carboxylic acids is 2. The van der Waals surface area contributed by atoms with Gasteiger partial charge in [0.2, 0.25) is 5.91 Å². The van der Waals surface area contributed by atoms with E-state index >= 15 is 0 Å². The number of nitrogens with one attached hydrogen (secondary N) is 1. The lowest BCUT2D eigenvalue weighted by atomic mass is 9.94. The molecule has 4 nitrogen and oxygen atoms in total. The molecular formula is C14H16F2N2O2S. The van der Waals surface area contributed by atoms with Gasteiger partial charge in [0, 0.05) is 4.90 Å². The summed E-state index contributed by atoms with van der Waals surface area (Å²) >= 11 is 0.371. The minimum Gasteiger partial charge on any atom is -0.340 e. The minimum atomic E-state index is -2.59. The smallest absolute Gasteiger partial charge is 0.288 e. The van der Waals surface area contributed by atoms with E-state index in [1.54, 1.807) is 32.0 Å². The summed E-state index contributed by atoms with van der Waals surface area (Å²) in [4.78, 5) is 26.0. The van der Waals surface area contributed by atoms with Gasteiger partial charge in [-0.25, -0.2) is 0 Å². The van der Waals surface area contributed by atoms with E-state index in [-0.39, 0.29) is 23.3 Å². The molecule has 1 aromatic carbocycles. The van der Waals surface area contributed by atoms with Crippen LogP contribution in [0.5, 0.6) is 0 Å². The highest BCUT2D eigenvalue weighted by Crippen LogP contribution is 2.35. The molecule has 0 aliphatic carbocycles. The van der Waals surface area contributed by atoms with Crippen molar-refractivity contribution < 1.29 is 18.4 Å². The molecule has 0 saturated carbocycles. The lowest BCUT2D eigenvalue weighted by Crippen LogP contribution is -2.65. The van der Waals surface area contributed by atoms with E-state index in [1.807, 2.05) is 0 Å². The largest absolute Gasteiger partial charge is 0.340 e. The molecule has 114 valence electrons. The number of thioether (sulfide) groups is 1. The molecule has 0 aromatic heterocycles. The molecule has 1 aromatic rings. The zero-order valence-corrected chi connectivity index (χ0v) is 12.5. The molecular weight excluding hydrogens is 298 g/mol. The summed E-state index contributed by atoms with van der Waals surface area (Å²) in [6.07, 6.45) is 0.429. The Hall–Kier alpha value is -1.63. The fraction of sp³-hybridized carbons (Fsp3) is 0.429. The average Bonchev–Trinajstić information content (AvgIpc) is 2.43. The van der Waals surface area contributed by atoms with Gasteiger partial charge in [-0.05, 0) is 25.5 Å². The lowest BCUT2D eigenvalue weighted by molar-refractivity contribution is -0.135. The molecule has 1 unspecified atom stereocenters. The van der Waals surface area contributed by atoms with Crippen LogP contribution >= 0.6 is 11.8 Å². The van der Waals surface area contributed by atoms with Crippen LogP contribution in [0.1, 0.15) is 20.3 Å². The molecule has 0 spiro atoms. The maximum Gasteiger partial charge on any atom is 0.288 e. The van der Waals surface area contributed by atoms with Gasteiger partial charge < -0.3 is 5.32 Å². The van der Waals surface area contributed by atoms with Crippen LogP contribution in [0.25, 0.3) is 0 Å². The third-order valence-electron chi connectivity index (χ3n) is 3.51. The maximum atomic E-state index is 12.6. The predicted octanol–water partition coefficient (Wildman–Crippen LogP) is 2.63. The Labute approximate surface area is 125 Å². The predicted molar refractivity (Wildman–Crippen MR) is 77.5 cm³/mol. The van der Waals surface area contributed by atoms with Gasteiger partial charge in [0.1, 0.15) is 12.1 Å². The number of hydrogen-bond donors (Lipinski definition) is 1. The quantitative estimate of drug-likeness (QED) is 0.869. The summed E-state index contributed by atoms with van der Waals surface area (Å²) in [7, 11) is 0.